The van der Waals surface area contributed by atoms with E-state index >= 15 is 0 Å². The predicted octanol–water partition coefficient (Wildman–Crippen LogP) is 2.96. The van der Waals surface area contributed by atoms with Gasteiger partial charge in [-0.2, -0.15) is 0 Å². The molecule has 0 amide bonds. The number of halogens is 2. The average molecular weight is 256 g/mol. The second-order valence-electron chi connectivity index (χ2n) is 4.89. The van der Waals surface area contributed by atoms with E-state index in [2.05, 4.69) is 24.1 Å². The van der Waals surface area contributed by atoms with Gasteiger partial charge < -0.3 is 10.2 Å². The fraction of sp³-hybridized carbons (Fsp3) is 0.571. The van der Waals surface area contributed by atoms with Crippen molar-refractivity contribution in [1.29, 1.82) is 0 Å². The zero-order chi connectivity index (χ0) is 13.7. The molecule has 1 atom stereocenters. The summed E-state index contributed by atoms with van der Waals surface area (Å²) in [6, 6.07) is 4.10. The molecular formula is C14H22F2N2. The van der Waals surface area contributed by atoms with E-state index in [1.54, 1.807) is 6.92 Å². The van der Waals surface area contributed by atoms with E-state index in [-0.39, 0.29) is 11.6 Å². The molecule has 1 rings (SSSR count). The molecule has 4 heteroatoms. The van der Waals surface area contributed by atoms with Crippen molar-refractivity contribution in [3.63, 3.8) is 0 Å². The van der Waals surface area contributed by atoms with Crippen LogP contribution in [0.2, 0.25) is 0 Å². The lowest BCUT2D eigenvalue weighted by Crippen LogP contribution is -2.35. The van der Waals surface area contributed by atoms with Gasteiger partial charge in [0.1, 0.15) is 11.6 Å². The molecule has 0 aliphatic carbocycles. The second-order valence-corrected chi connectivity index (χ2v) is 4.89. The summed E-state index contributed by atoms with van der Waals surface area (Å²) in [5, 5.41) is 3.14. The number of likely N-dealkylation sites (N-methyl/N-ethyl adjacent to an activating group) is 1. The summed E-state index contributed by atoms with van der Waals surface area (Å²) >= 11 is 0. The first kappa shape index (κ1) is 15.1. The Morgan fingerprint density at radius 1 is 1.17 bits per heavy atom. The molecule has 1 aromatic carbocycles. The number of hydrogen-bond donors (Lipinski definition) is 1. The van der Waals surface area contributed by atoms with Crippen molar-refractivity contribution in [3.8, 4) is 0 Å². The molecule has 1 N–H and O–H groups in total. The molecule has 0 spiro atoms. The van der Waals surface area contributed by atoms with E-state index in [4.69, 9.17) is 0 Å². The van der Waals surface area contributed by atoms with E-state index in [0.29, 0.717) is 12.6 Å². The molecule has 0 aliphatic heterocycles. The molecule has 18 heavy (non-hydrogen) atoms. The van der Waals surface area contributed by atoms with Crippen molar-refractivity contribution in [2.45, 2.75) is 32.9 Å². The van der Waals surface area contributed by atoms with Gasteiger partial charge in [0.2, 0.25) is 0 Å². The number of rotatable bonds is 6. The first-order chi connectivity index (χ1) is 8.43. The van der Waals surface area contributed by atoms with Crippen molar-refractivity contribution in [2.24, 2.45) is 0 Å². The zero-order valence-electron chi connectivity index (χ0n) is 11.5. The summed E-state index contributed by atoms with van der Waals surface area (Å²) in [4.78, 5) is 2.18. The summed E-state index contributed by atoms with van der Waals surface area (Å²) in [5.74, 6) is -0.987. The molecule has 0 heterocycles. The average Bonchev–Trinajstić information content (AvgIpc) is 2.28. The zero-order valence-corrected chi connectivity index (χ0v) is 11.5. The Bertz CT molecular complexity index is 360. The number of nitrogens with one attached hydrogen (secondary N) is 1. The molecule has 0 saturated heterocycles. The maximum atomic E-state index is 13.5. The van der Waals surface area contributed by atoms with Gasteiger partial charge in [0.05, 0.1) is 0 Å². The van der Waals surface area contributed by atoms with E-state index in [1.165, 1.54) is 18.2 Å². The summed E-state index contributed by atoms with van der Waals surface area (Å²) < 4.78 is 27.0. The Morgan fingerprint density at radius 2 is 1.72 bits per heavy atom. The van der Waals surface area contributed by atoms with Gasteiger partial charge in [-0.3, -0.25) is 0 Å². The highest BCUT2D eigenvalue weighted by molar-refractivity contribution is 5.22. The van der Waals surface area contributed by atoms with Crippen LogP contribution in [0.25, 0.3) is 0 Å². The molecule has 0 aromatic heterocycles. The van der Waals surface area contributed by atoms with E-state index in [1.807, 2.05) is 7.05 Å². The van der Waals surface area contributed by atoms with E-state index < -0.39 is 11.6 Å². The van der Waals surface area contributed by atoms with Crippen LogP contribution in [-0.4, -0.2) is 31.1 Å². The van der Waals surface area contributed by atoms with Gasteiger partial charge in [-0.05, 0) is 40.0 Å². The molecule has 0 saturated carbocycles. The Kier molecular flexibility index (Phi) is 5.69. The fourth-order valence-corrected chi connectivity index (χ4v) is 1.74. The van der Waals surface area contributed by atoms with Crippen LogP contribution >= 0.6 is 0 Å². The molecule has 2 nitrogen and oxygen atoms in total. The van der Waals surface area contributed by atoms with Gasteiger partial charge in [0.15, 0.2) is 0 Å². The van der Waals surface area contributed by atoms with Crippen molar-refractivity contribution in [2.75, 3.05) is 20.1 Å². The first-order valence-corrected chi connectivity index (χ1v) is 6.31. The van der Waals surface area contributed by atoms with Crippen LogP contribution in [0.3, 0.4) is 0 Å². The number of hydrogen-bond acceptors (Lipinski definition) is 2. The lowest BCUT2D eigenvalue weighted by molar-refractivity contribution is 0.269. The van der Waals surface area contributed by atoms with Crippen molar-refractivity contribution >= 4 is 0 Å². The van der Waals surface area contributed by atoms with E-state index in [0.717, 1.165) is 6.54 Å². The predicted molar refractivity (Wildman–Crippen MR) is 70.5 cm³/mol. The largest absolute Gasteiger partial charge is 0.309 e. The Hall–Kier alpha value is -1.00. The van der Waals surface area contributed by atoms with Crippen LogP contribution in [0.5, 0.6) is 0 Å². The highest BCUT2D eigenvalue weighted by Crippen LogP contribution is 2.19. The van der Waals surface area contributed by atoms with Crippen LogP contribution in [0, 0.1) is 11.6 Å². The van der Waals surface area contributed by atoms with Gasteiger partial charge in [-0.25, -0.2) is 8.78 Å². The maximum Gasteiger partial charge on any atom is 0.130 e. The molecule has 0 radical (unpaired) electrons. The van der Waals surface area contributed by atoms with Crippen molar-refractivity contribution < 1.29 is 8.78 Å². The van der Waals surface area contributed by atoms with Crippen LogP contribution in [0.4, 0.5) is 8.78 Å². The smallest absolute Gasteiger partial charge is 0.130 e. The van der Waals surface area contributed by atoms with Crippen molar-refractivity contribution in [1.82, 2.24) is 10.2 Å². The molecule has 0 fully saturated rings. The molecule has 0 aliphatic rings. The lowest BCUT2D eigenvalue weighted by Gasteiger charge is -2.23. The highest BCUT2D eigenvalue weighted by Gasteiger charge is 2.15. The molecule has 102 valence electrons. The van der Waals surface area contributed by atoms with Gasteiger partial charge in [-0.15, -0.1) is 0 Å². The molecule has 1 unspecified atom stereocenters. The van der Waals surface area contributed by atoms with Gasteiger partial charge >= 0.3 is 0 Å². The monoisotopic (exact) mass is 256 g/mol. The third-order valence-corrected chi connectivity index (χ3v) is 3.23. The van der Waals surface area contributed by atoms with Crippen LogP contribution in [-0.2, 0) is 0 Å². The van der Waals surface area contributed by atoms with Crippen molar-refractivity contribution in [3.05, 3.63) is 35.4 Å². The normalized spacial score (nSPS) is 13.3. The number of benzene rings is 1. The third kappa shape index (κ3) is 4.03. The van der Waals surface area contributed by atoms with Crippen LogP contribution in [0.15, 0.2) is 18.2 Å². The summed E-state index contributed by atoms with van der Waals surface area (Å²) in [7, 11) is 2.03. The maximum absolute atomic E-state index is 13.5. The summed E-state index contributed by atoms with van der Waals surface area (Å²) in [6.45, 7) is 7.54. The first-order valence-electron chi connectivity index (χ1n) is 6.31. The Labute approximate surface area is 108 Å². The Balaban J connectivity index is 2.53. The van der Waals surface area contributed by atoms with Gasteiger partial charge in [0.25, 0.3) is 0 Å². The second kappa shape index (κ2) is 6.81. The standard InChI is InChI=1S/C14H22F2N2/c1-10(2)18(4)9-8-17-11(3)14-12(15)6-5-7-13(14)16/h5-7,10-11,17H,8-9H2,1-4H3. The number of nitrogens with zero attached hydrogens (tertiary/aromatic N) is 1. The lowest BCUT2D eigenvalue weighted by atomic mass is 10.1. The third-order valence-electron chi connectivity index (χ3n) is 3.23. The van der Waals surface area contributed by atoms with E-state index in [9.17, 15) is 8.78 Å². The minimum atomic E-state index is -0.493. The Morgan fingerprint density at radius 3 is 2.22 bits per heavy atom. The minimum Gasteiger partial charge on any atom is -0.309 e. The SMILES string of the molecule is CC(NCCN(C)C(C)C)c1c(F)cccc1F. The molecular weight excluding hydrogens is 234 g/mol. The van der Waals surface area contributed by atoms with Crippen LogP contribution < -0.4 is 5.32 Å². The summed E-state index contributed by atoms with van der Waals surface area (Å²) in [5.41, 5.74) is 0.115. The van der Waals surface area contributed by atoms with Gasteiger partial charge in [-0.1, -0.05) is 6.07 Å². The van der Waals surface area contributed by atoms with Gasteiger partial charge in [0, 0.05) is 30.7 Å². The fourth-order valence-electron chi connectivity index (χ4n) is 1.74. The quantitative estimate of drug-likeness (QED) is 0.842. The highest BCUT2D eigenvalue weighted by atomic mass is 19.1. The van der Waals surface area contributed by atoms with Crippen LogP contribution in [0.1, 0.15) is 32.4 Å². The molecule has 0 bridgehead atoms. The molecule has 1 aromatic rings. The summed E-state index contributed by atoms with van der Waals surface area (Å²) in [6.07, 6.45) is 0. The minimum absolute atomic E-state index is 0.115. The topological polar surface area (TPSA) is 15.3 Å².